The normalized spacial score (nSPS) is 10.8. The van der Waals surface area contributed by atoms with E-state index in [4.69, 9.17) is 5.11 Å². The van der Waals surface area contributed by atoms with E-state index in [-0.39, 0.29) is 15.8 Å². The van der Waals surface area contributed by atoms with Gasteiger partial charge in [0.25, 0.3) is 5.56 Å². The second-order valence-electron chi connectivity index (χ2n) is 3.22. The number of hydrogen-bond donors (Lipinski definition) is 1. The van der Waals surface area contributed by atoms with Crippen LogP contribution in [0.4, 0.5) is 0 Å². The molecule has 0 aliphatic heterocycles. The SMILES string of the molecule is CC(C)Cn1ncc(O)c(Br)c1=O. The molecule has 0 aliphatic carbocycles. The zero-order chi connectivity index (χ0) is 10.0. The van der Waals surface area contributed by atoms with E-state index in [1.54, 1.807) is 0 Å². The molecule has 1 rings (SSSR count). The van der Waals surface area contributed by atoms with E-state index >= 15 is 0 Å². The molecule has 0 bridgehead atoms. The van der Waals surface area contributed by atoms with Crippen LogP contribution in [0.3, 0.4) is 0 Å². The van der Waals surface area contributed by atoms with Crippen molar-refractivity contribution in [2.45, 2.75) is 20.4 Å². The Morgan fingerprint density at radius 3 is 2.85 bits per heavy atom. The summed E-state index contributed by atoms with van der Waals surface area (Å²) in [5, 5.41) is 12.9. The van der Waals surface area contributed by atoms with Crippen LogP contribution in [0.25, 0.3) is 0 Å². The lowest BCUT2D eigenvalue weighted by Crippen LogP contribution is -2.25. The molecular weight excluding hydrogens is 236 g/mol. The average molecular weight is 247 g/mol. The Hall–Kier alpha value is -0.840. The smallest absolute Gasteiger partial charge is 0.284 e. The molecule has 0 atom stereocenters. The maximum atomic E-state index is 11.4. The van der Waals surface area contributed by atoms with Crippen LogP contribution in [-0.4, -0.2) is 14.9 Å². The summed E-state index contributed by atoms with van der Waals surface area (Å²) >= 11 is 3.00. The Labute approximate surface area is 84.3 Å². The molecular formula is C8H11BrN2O2. The molecule has 1 N–H and O–H groups in total. The summed E-state index contributed by atoms with van der Waals surface area (Å²) in [4.78, 5) is 11.4. The Kier molecular flexibility index (Phi) is 3.08. The van der Waals surface area contributed by atoms with Crippen molar-refractivity contribution in [1.82, 2.24) is 9.78 Å². The summed E-state index contributed by atoms with van der Waals surface area (Å²) in [6.45, 7) is 4.54. The fourth-order valence-electron chi connectivity index (χ4n) is 0.932. The predicted octanol–water partition coefficient (Wildman–Crippen LogP) is 1.37. The predicted molar refractivity (Wildman–Crippen MR) is 52.7 cm³/mol. The van der Waals surface area contributed by atoms with E-state index in [1.165, 1.54) is 10.9 Å². The van der Waals surface area contributed by atoms with Gasteiger partial charge in [-0.25, -0.2) is 4.68 Å². The molecule has 1 aromatic rings. The van der Waals surface area contributed by atoms with E-state index in [2.05, 4.69) is 21.0 Å². The maximum absolute atomic E-state index is 11.4. The molecule has 0 saturated carbocycles. The zero-order valence-corrected chi connectivity index (χ0v) is 9.08. The van der Waals surface area contributed by atoms with Gasteiger partial charge < -0.3 is 5.11 Å². The van der Waals surface area contributed by atoms with Gasteiger partial charge in [-0.3, -0.25) is 4.79 Å². The van der Waals surface area contributed by atoms with Gasteiger partial charge in [0.2, 0.25) is 0 Å². The third kappa shape index (κ3) is 2.30. The molecule has 0 aliphatic rings. The second kappa shape index (κ2) is 3.91. The number of aromatic nitrogens is 2. The molecule has 13 heavy (non-hydrogen) atoms. The molecule has 0 amide bonds. The van der Waals surface area contributed by atoms with Crippen LogP contribution in [0.15, 0.2) is 15.5 Å². The van der Waals surface area contributed by atoms with Crippen molar-refractivity contribution in [2.75, 3.05) is 0 Å². The average Bonchev–Trinajstić information content (AvgIpc) is 2.06. The molecule has 0 saturated heterocycles. The van der Waals surface area contributed by atoms with E-state index in [9.17, 15) is 4.79 Å². The Bertz CT molecular complexity index is 360. The summed E-state index contributed by atoms with van der Waals surface area (Å²) in [6, 6.07) is 0. The quantitative estimate of drug-likeness (QED) is 0.858. The first-order chi connectivity index (χ1) is 6.02. The van der Waals surface area contributed by atoms with Crippen molar-refractivity contribution in [3.8, 4) is 5.75 Å². The highest BCUT2D eigenvalue weighted by Gasteiger charge is 2.07. The fraction of sp³-hybridized carbons (Fsp3) is 0.500. The fourth-order valence-corrected chi connectivity index (χ4v) is 1.24. The van der Waals surface area contributed by atoms with E-state index in [0.717, 1.165) is 0 Å². The van der Waals surface area contributed by atoms with Crippen molar-refractivity contribution in [3.05, 3.63) is 21.0 Å². The number of rotatable bonds is 2. The van der Waals surface area contributed by atoms with E-state index in [0.29, 0.717) is 12.5 Å². The molecule has 0 aromatic carbocycles. The summed E-state index contributed by atoms with van der Waals surface area (Å²) in [5.74, 6) is 0.228. The van der Waals surface area contributed by atoms with Gasteiger partial charge in [-0.2, -0.15) is 5.10 Å². The topological polar surface area (TPSA) is 55.1 Å². The number of hydrogen-bond acceptors (Lipinski definition) is 3. The molecule has 72 valence electrons. The van der Waals surface area contributed by atoms with Crippen molar-refractivity contribution < 1.29 is 5.11 Å². The van der Waals surface area contributed by atoms with Gasteiger partial charge in [-0.1, -0.05) is 13.8 Å². The Balaban J connectivity index is 3.12. The standard InChI is InChI=1S/C8H11BrN2O2/c1-5(2)4-11-8(13)7(9)6(12)3-10-11/h3,5,12H,4H2,1-2H3. The van der Waals surface area contributed by atoms with Gasteiger partial charge in [0.05, 0.1) is 6.20 Å². The Morgan fingerprint density at radius 1 is 1.69 bits per heavy atom. The van der Waals surface area contributed by atoms with Crippen LogP contribution in [0.1, 0.15) is 13.8 Å². The Morgan fingerprint density at radius 2 is 2.31 bits per heavy atom. The molecule has 0 radical (unpaired) electrons. The molecule has 4 nitrogen and oxygen atoms in total. The molecule has 0 fully saturated rings. The van der Waals surface area contributed by atoms with Crippen molar-refractivity contribution >= 4 is 15.9 Å². The highest BCUT2D eigenvalue weighted by Crippen LogP contribution is 2.16. The first kappa shape index (κ1) is 10.2. The molecule has 1 heterocycles. The maximum Gasteiger partial charge on any atom is 0.284 e. The monoisotopic (exact) mass is 246 g/mol. The van der Waals surface area contributed by atoms with Crippen LogP contribution in [0, 0.1) is 5.92 Å². The molecule has 5 heteroatoms. The first-order valence-corrected chi connectivity index (χ1v) is 4.76. The van der Waals surface area contributed by atoms with Gasteiger partial charge in [0.1, 0.15) is 4.47 Å². The van der Waals surface area contributed by atoms with Crippen LogP contribution in [-0.2, 0) is 6.54 Å². The van der Waals surface area contributed by atoms with Gasteiger partial charge in [0, 0.05) is 6.54 Å². The number of halogens is 1. The van der Waals surface area contributed by atoms with Crippen LogP contribution >= 0.6 is 15.9 Å². The van der Waals surface area contributed by atoms with Gasteiger partial charge >= 0.3 is 0 Å². The van der Waals surface area contributed by atoms with E-state index < -0.39 is 0 Å². The summed E-state index contributed by atoms with van der Waals surface area (Å²) < 4.78 is 1.50. The van der Waals surface area contributed by atoms with Gasteiger partial charge in [-0.05, 0) is 21.8 Å². The highest BCUT2D eigenvalue weighted by atomic mass is 79.9. The van der Waals surface area contributed by atoms with Gasteiger partial charge in [-0.15, -0.1) is 0 Å². The minimum atomic E-state index is -0.297. The third-order valence-electron chi connectivity index (χ3n) is 1.50. The van der Waals surface area contributed by atoms with Gasteiger partial charge in [0.15, 0.2) is 5.75 Å². The molecule has 0 spiro atoms. The second-order valence-corrected chi connectivity index (χ2v) is 4.02. The number of aromatic hydroxyl groups is 1. The van der Waals surface area contributed by atoms with Crippen LogP contribution in [0.5, 0.6) is 5.75 Å². The third-order valence-corrected chi connectivity index (χ3v) is 2.25. The zero-order valence-electron chi connectivity index (χ0n) is 7.49. The van der Waals surface area contributed by atoms with Crippen LogP contribution < -0.4 is 5.56 Å². The minimum absolute atomic E-state index is 0.120. The van der Waals surface area contributed by atoms with Crippen LogP contribution in [0.2, 0.25) is 0 Å². The van der Waals surface area contributed by atoms with Crippen molar-refractivity contribution in [3.63, 3.8) is 0 Å². The van der Waals surface area contributed by atoms with Crippen molar-refractivity contribution in [1.29, 1.82) is 0 Å². The van der Waals surface area contributed by atoms with Crippen molar-refractivity contribution in [2.24, 2.45) is 5.92 Å². The number of nitrogens with zero attached hydrogens (tertiary/aromatic N) is 2. The largest absolute Gasteiger partial charge is 0.505 e. The molecule has 1 aromatic heterocycles. The summed E-state index contributed by atoms with van der Waals surface area (Å²) in [7, 11) is 0. The summed E-state index contributed by atoms with van der Waals surface area (Å²) in [5.41, 5.74) is -0.297. The lowest BCUT2D eigenvalue weighted by molar-refractivity contribution is 0.431. The first-order valence-electron chi connectivity index (χ1n) is 3.97. The highest BCUT2D eigenvalue weighted by molar-refractivity contribution is 9.10. The summed E-state index contributed by atoms with van der Waals surface area (Å²) in [6.07, 6.45) is 1.26. The molecule has 0 unspecified atom stereocenters. The lowest BCUT2D eigenvalue weighted by atomic mass is 10.2. The lowest BCUT2D eigenvalue weighted by Gasteiger charge is -2.07. The minimum Gasteiger partial charge on any atom is -0.505 e. The van der Waals surface area contributed by atoms with E-state index in [1.807, 2.05) is 13.8 Å².